The van der Waals surface area contributed by atoms with Crippen molar-refractivity contribution in [1.29, 1.82) is 5.26 Å². The average molecular weight is 207 g/mol. The van der Waals surface area contributed by atoms with Gasteiger partial charge in [-0.05, 0) is 25.1 Å². The van der Waals surface area contributed by atoms with E-state index in [0.29, 0.717) is 12.2 Å². The highest BCUT2D eigenvalue weighted by Gasteiger charge is 2.06. The molecule has 0 saturated heterocycles. The molecule has 78 valence electrons. The van der Waals surface area contributed by atoms with Crippen LogP contribution in [0, 0.1) is 17.1 Å². The van der Waals surface area contributed by atoms with E-state index in [9.17, 15) is 9.18 Å². The molecule has 15 heavy (non-hydrogen) atoms. The van der Waals surface area contributed by atoms with Gasteiger partial charge in [-0.3, -0.25) is 0 Å². The molecule has 1 aromatic carbocycles. The van der Waals surface area contributed by atoms with E-state index >= 15 is 0 Å². The minimum Gasteiger partial charge on any atom is -0.338 e. The quantitative estimate of drug-likeness (QED) is 0.777. The van der Waals surface area contributed by atoms with E-state index in [2.05, 4.69) is 10.6 Å². The maximum Gasteiger partial charge on any atom is 0.319 e. The van der Waals surface area contributed by atoms with Crippen molar-refractivity contribution in [3.8, 4) is 6.07 Å². The third-order valence-electron chi connectivity index (χ3n) is 1.69. The van der Waals surface area contributed by atoms with Crippen LogP contribution in [0.25, 0.3) is 0 Å². The SMILES string of the molecule is CCNC(=O)Nc1ccc(F)cc1C#N. The van der Waals surface area contributed by atoms with E-state index in [1.807, 2.05) is 0 Å². The Labute approximate surface area is 86.7 Å². The number of amides is 2. The second-order valence-corrected chi connectivity index (χ2v) is 2.79. The van der Waals surface area contributed by atoms with Gasteiger partial charge in [0.25, 0.3) is 0 Å². The molecule has 0 aromatic heterocycles. The first-order valence-electron chi connectivity index (χ1n) is 4.42. The highest BCUT2D eigenvalue weighted by atomic mass is 19.1. The summed E-state index contributed by atoms with van der Waals surface area (Å²) < 4.78 is 12.7. The predicted octanol–water partition coefficient (Wildman–Crippen LogP) is 1.84. The summed E-state index contributed by atoms with van der Waals surface area (Å²) in [5.41, 5.74) is 0.395. The zero-order chi connectivity index (χ0) is 11.3. The van der Waals surface area contributed by atoms with Gasteiger partial charge >= 0.3 is 6.03 Å². The van der Waals surface area contributed by atoms with Crippen molar-refractivity contribution in [1.82, 2.24) is 5.32 Å². The Bertz CT molecular complexity index is 412. The number of hydrogen-bond acceptors (Lipinski definition) is 2. The summed E-state index contributed by atoms with van der Waals surface area (Å²) in [4.78, 5) is 11.1. The largest absolute Gasteiger partial charge is 0.338 e. The van der Waals surface area contributed by atoms with Crippen LogP contribution in [-0.2, 0) is 0 Å². The molecule has 0 heterocycles. The third kappa shape index (κ3) is 2.95. The van der Waals surface area contributed by atoms with E-state index in [-0.39, 0.29) is 5.56 Å². The predicted molar refractivity (Wildman–Crippen MR) is 53.8 cm³/mol. The minimum absolute atomic E-state index is 0.0984. The Hall–Kier alpha value is -2.09. The normalized spacial score (nSPS) is 9.13. The topological polar surface area (TPSA) is 64.9 Å². The van der Waals surface area contributed by atoms with Crippen LogP contribution in [0.5, 0.6) is 0 Å². The monoisotopic (exact) mass is 207 g/mol. The first-order chi connectivity index (χ1) is 7.17. The van der Waals surface area contributed by atoms with Crippen LogP contribution < -0.4 is 10.6 Å². The molecule has 2 N–H and O–H groups in total. The molecule has 0 aliphatic carbocycles. The van der Waals surface area contributed by atoms with Crippen LogP contribution >= 0.6 is 0 Å². The fourth-order valence-corrected chi connectivity index (χ4v) is 1.05. The van der Waals surface area contributed by atoms with E-state index in [1.165, 1.54) is 12.1 Å². The molecule has 0 fully saturated rings. The first kappa shape index (κ1) is 11.0. The number of urea groups is 1. The molecule has 1 rings (SSSR count). The maximum atomic E-state index is 12.7. The van der Waals surface area contributed by atoms with Crippen molar-refractivity contribution in [3.05, 3.63) is 29.6 Å². The number of carbonyl (C=O) groups is 1. The van der Waals surface area contributed by atoms with Gasteiger partial charge in [0.05, 0.1) is 11.3 Å². The Balaban J connectivity index is 2.86. The van der Waals surface area contributed by atoms with Gasteiger partial charge in [0.1, 0.15) is 11.9 Å². The Morgan fingerprint density at radius 1 is 1.60 bits per heavy atom. The van der Waals surface area contributed by atoms with Gasteiger partial charge < -0.3 is 10.6 Å². The second-order valence-electron chi connectivity index (χ2n) is 2.79. The van der Waals surface area contributed by atoms with Gasteiger partial charge in [-0.2, -0.15) is 5.26 Å². The number of nitriles is 1. The van der Waals surface area contributed by atoms with Crippen molar-refractivity contribution < 1.29 is 9.18 Å². The van der Waals surface area contributed by atoms with Gasteiger partial charge in [0.15, 0.2) is 0 Å². The van der Waals surface area contributed by atoms with Gasteiger partial charge in [0.2, 0.25) is 0 Å². The van der Waals surface area contributed by atoms with Gasteiger partial charge in [-0.15, -0.1) is 0 Å². The summed E-state index contributed by atoms with van der Waals surface area (Å²) in [5.74, 6) is -0.506. The smallest absolute Gasteiger partial charge is 0.319 e. The summed E-state index contributed by atoms with van der Waals surface area (Å²) >= 11 is 0. The minimum atomic E-state index is -0.506. The molecule has 5 heteroatoms. The molecule has 0 saturated carbocycles. The lowest BCUT2D eigenvalue weighted by Crippen LogP contribution is -2.28. The summed E-state index contributed by atoms with van der Waals surface area (Å²) in [5, 5.41) is 13.7. The number of rotatable bonds is 2. The van der Waals surface area contributed by atoms with E-state index in [1.54, 1.807) is 13.0 Å². The van der Waals surface area contributed by atoms with E-state index in [4.69, 9.17) is 5.26 Å². The van der Waals surface area contributed by atoms with Crippen molar-refractivity contribution >= 4 is 11.7 Å². The molecular formula is C10H10FN3O. The molecule has 0 spiro atoms. The standard InChI is InChI=1S/C10H10FN3O/c1-2-13-10(15)14-9-4-3-8(11)5-7(9)6-12/h3-5H,2H2,1H3,(H2,13,14,15). The molecule has 4 nitrogen and oxygen atoms in total. The van der Waals surface area contributed by atoms with Crippen LogP contribution in [0.15, 0.2) is 18.2 Å². The molecule has 1 aromatic rings. The molecule has 0 aliphatic heterocycles. The van der Waals surface area contributed by atoms with Crippen LogP contribution in [0.3, 0.4) is 0 Å². The lowest BCUT2D eigenvalue weighted by molar-refractivity contribution is 0.252. The zero-order valence-corrected chi connectivity index (χ0v) is 8.17. The number of benzene rings is 1. The van der Waals surface area contributed by atoms with Crippen LogP contribution in [0.4, 0.5) is 14.9 Å². The van der Waals surface area contributed by atoms with Gasteiger partial charge in [-0.1, -0.05) is 0 Å². The molecule has 0 atom stereocenters. The highest BCUT2D eigenvalue weighted by molar-refractivity contribution is 5.90. The summed E-state index contributed by atoms with van der Waals surface area (Å²) in [7, 11) is 0. The molecule has 2 amide bonds. The van der Waals surface area contributed by atoms with Gasteiger partial charge in [-0.25, -0.2) is 9.18 Å². The Morgan fingerprint density at radius 2 is 2.33 bits per heavy atom. The van der Waals surface area contributed by atoms with Gasteiger partial charge in [0, 0.05) is 6.54 Å². The Kier molecular flexibility index (Phi) is 3.63. The molecule has 0 radical (unpaired) electrons. The average Bonchev–Trinajstić information content (AvgIpc) is 2.21. The van der Waals surface area contributed by atoms with Crippen LogP contribution in [-0.4, -0.2) is 12.6 Å². The zero-order valence-electron chi connectivity index (χ0n) is 8.17. The molecule has 0 bridgehead atoms. The molecule has 0 aliphatic rings. The summed E-state index contributed by atoms with van der Waals surface area (Å²) in [6.07, 6.45) is 0. The first-order valence-corrected chi connectivity index (χ1v) is 4.42. The fourth-order valence-electron chi connectivity index (χ4n) is 1.05. The van der Waals surface area contributed by atoms with E-state index in [0.717, 1.165) is 6.07 Å². The summed E-state index contributed by atoms with van der Waals surface area (Å²) in [6.45, 7) is 2.25. The van der Waals surface area contributed by atoms with Crippen LogP contribution in [0.1, 0.15) is 12.5 Å². The lowest BCUT2D eigenvalue weighted by Gasteiger charge is -2.06. The highest BCUT2D eigenvalue weighted by Crippen LogP contribution is 2.15. The molecule has 0 unspecified atom stereocenters. The fraction of sp³-hybridized carbons (Fsp3) is 0.200. The van der Waals surface area contributed by atoms with E-state index < -0.39 is 11.8 Å². The second kappa shape index (κ2) is 4.96. The number of nitrogens with zero attached hydrogens (tertiary/aromatic N) is 1. The number of carbonyl (C=O) groups excluding carboxylic acids is 1. The molecular weight excluding hydrogens is 197 g/mol. The number of hydrogen-bond donors (Lipinski definition) is 2. The number of halogens is 1. The van der Waals surface area contributed by atoms with Crippen LogP contribution in [0.2, 0.25) is 0 Å². The third-order valence-corrected chi connectivity index (χ3v) is 1.69. The lowest BCUT2D eigenvalue weighted by atomic mass is 10.2. The number of nitrogens with one attached hydrogen (secondary N) is 2. The summed E-state index contributed by atoms with van der Waals surface area (Å²) in [6, 6.07) is 4.99. The van der Waals surface area contributed by atoms with Crippen molar-refractivity contribution in [2.75, 3.05) is 11.9 Å². The maximum absolute atomic E-state index is 12.7. The number of anilines is 1. The van der Waals surface area contributed by atoms with Crippen molar-refractivity contribution in [2.45, 2.75) is 6.92 Å². The Morgan fingerprint density at radius 3 is 2.93 bits per heavy atom. The van der Waals surface area contributed by atoms with Crippen molar-refractivity contribution in [3.63, 3.8) is 0 Å². The van der Waals surface area contributed by atoms with Crippen molar-refractivity contribution in [2.24, 2.45) is 0 Å².